The van der Waals surface area contributed by atoms with Gasteiger partial charge in [-0.2, -0.15) is 0 Å². The third kappa shape index (κ3) is 3.42. The summed E-state index contributed by atoms with van der Waals surface area (Å²) in [6.45, 7) is 1.72. The SMILES string of the molecule is C[C@H](NC(=O)c1ccccc1[N+](=O)[O-])c1ccc2c(c1)NC(=O)CO2. The van der Waals surface area contributed by atoms with E-state index in [9.17, 15) is 19.7 Å². The van der Waals surface area contributed by atoms with Crippen molar-refractivity contribution in [2.24, 2.45) is 0 Å². The molecule has 0 fully saturated rings. The summed E-state index contributed by atoms with van der Waals surface area (Å²) < 4.78 is 5.29. The Morgan fingerprint density at radius 3 is 2.84 bits per heavy atom. The van der Waals surface area contributed by atoms with Gasteiger partial charge in [0, 0.05) is 6.07 Å². The maximum absolute atomic E-state index is 12.4. The molecule has 0 spiro atoms. The smallest absolute Gasteiger partial charge is 0.282 e. The number of carbonyl (C=O) groups excluding carboxylic acids is 2. The van der Waals surface area contributed by atoms with Crippen LogP contribution in [0.15, 0.2) is 42.5 Å². The number of carbonyl (C=O) groups is 2. The molecule has 0 bridgehead atoms. The van der Waals surface area contributed by atoms with Crippen molar-refractivity contribution in [2.45, 2.75) is 13.0 Å². The van der Waals surface area contributed by atoms with Gasteiger partial charge in [-0.3, -0.25) is 19.7 Å². The summed E-state index contributed by atoms with van der Waals surface area (Å²) in [7, 11) is 0. The van der Waals surface area contributed by atoms with Crippen LogP contribution in [0.3, 0.4) is 0 Å². The lowest BCUT2D eigenvalue weighted by atomic mass is 10.1. The van der Waals surface area contributed by atoms with Gasteiger partial charge in [-0.1, -0.05) is 18.2 Å². The van der Waals surface area contributed by atoms with E-state index in [1.165, 1.54) is 18.2 Å². The summed E-state index contributed by atoms with van der Waals surface area (Å²) in [4.78, 5) is 34.2. The minimum absolute atomic E-state index is 0.00561. The standard InChI is InChI=1S/C17H15N3O5/c1-10(11-6-7-15-13(8-11)19-16(21)9-25-15)18-17(22)12-4-2-3-5-14(12)20(23)24/h2-8,10H,9H2,1H3,(H,18,22)(H,19,21)/t10-/m0/s1. The molecule has 1 aliphatic rings. The molecule has 0 aromatic heterocycles. The van der Waals surface area contributed by atoms with Gasteiger partial charge >= 0.3 is 0 Å². The predicted octanol–water partition coefficient (Wildman–Crippen LogP) is 2.42. The average molecular weight is 341 g/mol. The number of para-hydroxylation sites is 1. The molecule has 1 atom stereocenters. The second-order valence-corrected chi connectivity index (χ2v) is 5.56. The van der Waals surface area contributed by atoms with Crippen molar-refractivity contribution in [3.05, 3.63) is 63.7 Å². The number of rotatable bonds is 4. The number of nitro benzene ring substituents is 1. The fourth-order valence-corrected chi connectivity index (χ4v) is 2.55. The van der Waals surface area contributed by atoms with Crippen LogP contribution in [0.2, 0.25) is 0 Å². The minimum Gasteiger partial charge on any atom is -0.482 e. The first-order valence-corrected chi connectivity index (χ1v) is 7.56. The van der Waals surface area contributed by atoms with Crippen LogP contribution in [0.5, 0.6) is 5.75 Å². The first-order valence-electron chi connectivity index (χ1n) is 7.56. The fraction of sp³-hybridized carbons (Fsp3) is 0.176. The molecule has 8 nitrogen and oxygen atoms in total. The van der Waals surface area contributed by atoms with E-state index in [0.29, 0.717) is 11.4 Å². The largest absolute Gasteiger partial charge is 0.482 e. The van der Waals surface area contributed by atoms with Gasteiger partial charge in [0.2, 0.25) is 0 Å². The molecule has 1 heterocycles. The maximum Gasteiger partial charge on any atom is 0.282 e. The van der Waals surface area contributed by atoms with Crippen molar-refractivity contribution in [3.8, 4) is 5.75 Å². The second-order valence-electron chi connectivity index (χ2n) is 5.56. The molecule has 1 aliphatic heterocycles. The number of hydrogen-bond acceptors (Lipinski definition) is 5. The van der Waals surface area contributed by atoms with Crippen LogP contribution in [-0.4, -0.2) is 23.3 Å². The maximum atomic E-state index is 12.4. The van der Waals surface area contributed by atoms with Crippen molar-refractivity contribution in [1.29, 1.82) is 0 Å². The molecule has 25 heavy (non-hydrogen) atoms. The van der Waals surface area contributed by atoms with Gasteiger partial charge in [0.05, 0.1) is 16.7 Å². The molecule has 2 aromatic rings. The van der Waals surface area contributed by atoms with Crippen molar-refractivity contribution in [3.63, 3.8) is 0 Å². The quantitative estimate of drug-likeness (QED) is 0.655. The topological polar surface area (TPSA) is 111 Å². The second kappa shape index (κ2) is 6.60. The normalized spacial score (nSPS) is 13.9. The molecule has 2 amide bonds. The summed E-state index contributed by atoms with van der Waals surface area (Å²) in [6.07, 6.45) is 0. The Labute approximate surface area is 142 Å². The summed E-state index contributed by atoms with van der Waals surface area (Å²) in [6, 6.07) is 10.5. The van der Waals surface area contributed by atoms with E-state index in [-0.39, 0.29) is 23.8 Å². The van der Waals surface area contributed by atoms with Gasteiger partial charge in [-0.15, -0.1) is 0 Å². The highest BCUT2D eigenvalue weighted by molar-refractivity contribution is 5.98. The predicted molar refractivity (Wildman–Crippen MR) is 89.5 cm³/mol. The Kier molecular flexibility index (Phi) is 4.34. The summed E-state index contributed by atoms with van der Waals surface area (Å²) in [5.41, 5.74) is 1.00. The number of hydrogen-bond donors (Lipinski definition) is 2. The number of nitrogens with zero attached hydrogens (tertiary/aromatic N) is 1. The van der Waals surface area contributed by atoms with E-state index >= 15 is 0 Å². The van der Waals surface area contributed by atoms with Crippen molar-refractivity contribution >= 4 is 23.2 Å². The number of nitro groups is 1. The monoisotopic (exact) mass is 341 g/mol. The number of fused-ring (bicyclic) bond motifs is 1. The van der Waals surface area contributed by atoms with E-state index in [0.717, 1.165) is 5.56 Å². The lowest BCUT2D eigenvalue weighted by Crippen LogP contribution is -2.28. The Morgan fingerprint density at radius 2 is 2.08 bits per heavy atom. The molecule has 0 aliphatic carbocycles. The number of anilines is 1. The molecule has 0 unspecified atom stereocenters. The number of benzene rings is 2. The molecule has 2 aromatic carbocycles. The summed E-state index contributed by atoms with van der Waals surface area (Å²) >= 11 is 0. The molecule has 128 valence electrons. The molecule has 2 N–H and O–H groups in total. The minimum atomic E-state index is -0.592. The molecular formula is C17H15N3O5. The number of nitrogens with one attached hydrogen (secondary N) is 2. The van der Waals surface area contributed by atoms with E-state index < -0.39 is 16.9 Å². The first kappa shape index (κ1) is 16.4. The zero-order chi connectivity index (χ0) is 18.0. The Balaban J connectivity index is 1.80. The third-order valence-electron chi connectivity index (χ3n) is 3.83. The van der Waals surface area contributed by atoms with Crippen molar-refractivity contribution in [1.82, 2.24) is 5.32 Å². The van der Waals surface area contributed by atoms with Gasteiger partial charge < -0.3 is 15.4 Å². The van der Waals surface area contributed by atoms with Crippen LogP contribution < -0.4 is 15.4 Å². The molecule has 8 heteroatoms. The zero-order valence-corrected chi connectivity index (χ0v) is 13.3. The van der Waals surface area contributed by atoms with E-state index in [1.807, 2.05) is 0 Å². The van der Waals surface area contributed by atoms with E-state index in [1.54, 1.807) is 31.2 Å². The van der Waals surface area contributed by atoms with Gasteiger partial charge in [0.1, 0.15) is 11.3 Å². The van der Waals surface area contributed by atoms with Crippen LogP contribution >= 0.6 is 0 Å². The van der Waals surface area contributed by atoms with Crippen LogP contribution in [0.4, 0.5) is 11.4 Å². The van der Waals surface area contributed by atoms with Crippen LogP contribution in [0.25, 0.3) is 0 Å². The lowest BCUT2D eigenvalue weighted by Gasteiger charge is -2.21. The first-order chi connectivity index (χ1) is 12.0. The van der Waals surface area contributed by atoms with E-state index in [2.05, 4.69) is 10.6 Å². The van der Waals surface area contributed by atoms with Crippen LogP contribution in [0.1, 0.15) is 28.9 Å². The highest BCUT2D eigenvalue weighted by atomic mass is 16.6. The molecular weight excluding hydrogens is 326 g/mol. The Morgan fingerprint density at radius 1 is 1.32 bits per heavy atom. The Hall–Kier alpha value is -3.42. The van der Waals surface area contributed by atoms with E-state index in [4.69, 9.17) is 4.74 Å². The molecule has 0 saturated carbocycles. The Bertz CT molecular complexity index is 865. The van der Waals surface area contributed by atoms with Crippen LogP contribution in [0, 0.1) is 10.1 Å². The molecule has 3 rings (SSSR count). The van der Waals surface area contributed by atoms with Crippen molar-refractivity contribution < 1.29 is 19.2 Å². The summed E-state index contributed by atoms with van der Waals surface area (Å²) in [5.74, 6) is -0.236. The molecule has 0 radical (unpaired) electrons. The lowest BCUT2D eigenvalue weighted by molar-refractivity contribution is -0.385. The highest BCUT2D eigenvalue weighted by Gasteiger charge is 2.22. The third-order valence-corrected chi connectivity index (χ3v) is 3.83. The van der Waals surface area contributed by atoms with Gasteiger partial charge in [-0.05, 0) is 30.7 Å². The number of amides is 2. The number of ether oxygens (including phenoxy) is 1. The van der Waals surface area contributed by atoms with Crippen molar-refractivity contribution in [2.75, 3.05) is 11.9 Å². The van der Waals surface area contributed by atoms with Gasteiger partial charge in [0.25, 0.3) is 17.5 Å². The van der Waals surface area contributed by atoms with Gasteiger partial charge in [0.15, 0.2) is 6.61 Å². The van der Waals surface area contributed by atoms with Crippen LogP contribution in [-0.2, 0) is 4.79 Å². The molecule has 0 saturated heterocycles. The zero-order valence-electron chi connectivity index (χ0n) is 13.3. The summed E-state index contributed by atoms with van der Waals surface area (Å²) in [5, 5.41) is 16.5. The highest BCUT2D eigenvalue weighted by Crippen LogP contribution is 2.30. The fourth-order valence-electron chi connectivity index (χ4n) is 2.55. The van der Waals surface area contributed by atoms with Gasteiger partial charge in [-0.25, -0.2) is 0 Å². The average Bonchev–Trinajstić information content (AvgIpc) is 2.60.